The van der Waals surface area contributed by atoms with Gasteiger partial charge in [-0.1, -0.05) is 0 Å². The van der Waals surface area contributed by atoms with Crippen LogP contribution in [0.4, 0.5) is 11.4 Å². The molecule has 1 aromatic carbocycles. The fraction of sp³-hybridized carbons (Fsp3) is 0.500. The zero-order chi connectivity index (χ0) is 15.2. The van der Waals surface area contributed by atoms with Gasteiger partial charge in [-0.2, -0.15) is 11.8 Å². The maximum Gasteiger partial charge on any atom is 0.270 e. The molecule has 0 aliphatic carbocycles. The van der Waals surface area contributed by atoms with E-state index in [0.29, 0.717) is 17.8 Å². The minimum Gasteiger partial charge on any atom is -0.385 e. The Labute approximate surface area is 127 Å². The van der Waals surface area contributed by atoms with Crippen LogP contribution in [0, 0.1) is 10.1 Å². The standard InChI is InChI=1S/C14H19N3O3S/c1-2-15-13-6-5-11(17(19)20)8-12(13)14(18)16-10-4-3-7-21-9-10/h5-6,8,10,15H,2-4,7,9H2,1H3,(H,16,18). The van der Waals surface area contributed by atoms with E-state index in [9.17, 15) is 14.9 Å². The molecule has 1 aliphatic rings. The Bertz CT molecular complexity index is 530. The molecule has 21 heavy (non-hydrogen) atoms. The number of benzene rings is 1. The molecule has 7 heteroatoms. The number of carbonyl (C=O) groups excluding carboxylic acids is 1. The van der Waals surface area contributed by atoms with E-state index in [1.54, 1.807) is 6.07 Å². The zero-order valence-corrected chi connectivity index (χ0v) is 12.7. The number of anilines is 1. The van der Waals surface area contributed by atoms with Crippen molar-refractivity contribution in [3.05, 3.63) is 33.9 Å². The van der Waals surface area contributed by atoms with Crippen molar-refractivity contribution >= 4 is 29.0 Å². The first kappa shape index (κ1) is 15.6. The summed E-state index contributed by atoms with van der Waals surface area (Å²) in [4.78, 5) is 22.8. The lowest BCUT2D eigenvalue weighted by molar-refractivity contribution is -0.384. The third-order valence-corrected chi connectivity index (χ3v) is 4.54. The number of nitrogens with one attached hydrogen (secondary N) is 2. The Morgan fingerprint density at radius 1 is 1.52 bits per heavy atom. The minimum atomic E-state index is -0.483. The van der Waals surface area contributed by atoms with Gasteiger partial charge >= 0.3 is 0 Å². The highest BCUT2D eigenvalue weighted by Gasteiger charge is 2.21. The summed E-state index contributed by atoms with van der Waals surface area (Å²) in [6, 6.07) is 4.48. The number of non-ortho nitro benzene ring substituents is 1. The monoisotopic (exact) mass is 309 g/mol. The summed E-state index contributed by atoms with van der Waals surface area (Å²) in [5.41, 5.74) is 0.894. The fourth-order valence-electron chi connectivity index (χ4n) is 2.30. The first-order valence-electron chi connectivity index (χ1n) is 7.02. The number of thioether (sulfide) groups is 1. The summed E-state index contributed by atoms with van der Waals surface area (Å²) in [6.07, 6.45) is 2.05. The molecule has 114 valence electrons. The molecule has 6 nitrogen and oxygen atoms in total. The van der Waals surface area contributed by atoms with E-state index in [1.807, 2.05) is 18.7 Å². The molecule has 1 aliphatic heterocycles. The van der Waals surface area contributed by atoms with Crippen LogP contribution in [0.3, 0.4) is 0 Å². The predicted molar refractivity (Wildman–Crippen MR) is 85.1 cm³/mol. The van der Waals surface area contributed by atoms with Crippen molar-refractivity contribution in [3.8, 4) is 0 Å². The van der Waals surface area contributed by atoms with E-state index in [2.05, 4.69) is 10.6 Å². The minimum absolute atomic E-state index is 0.0696. The third-order valence-electron chi connectivity index (χ3n) is 3.32. The topological polar surface area (TPSA) is 84.3 Å². The maximum absolute atomic E-state index is 12.4. The predicted octanol–water partition coefficient (Wildman–Crippen LogP) is 2.65. The van der Waals surface area contributed by atoms with Gasteiger partial charge < -0.3 is 10.6 Å². The van der Waals surface area contributed by atoms with Crippen LogP contribution < -0.4 is 10.6 Å². The molecular weight excluding hydrogens is 290 g/mol. The van der Waals surface area contributed by atoms with Crippen LogP contribution in [0.25, 0.3) is 0 Å². The first-order valence-corrected chi connectivity index (χ1v) is 8.18. The molecule has 2 rings (SSSR count). The normalized spacial score (nSPS) is 18.0. The van der Waals surface area contributed by atoms with Gasteiger partial charge in [0.05, 0.1) is 10.5 Å². The number of nitrogens with zero attached hydrogens (tertiary/aromatic N) is 1. The highest BCUT2D eigenvalue weighted by atomic mass is 32.2. The lowest BCUT2D eigenvalue weighted by Crippen LogP contribution is -2.38. The van der Waals surface area contributed by atoms with Crippen molar-refractivity contribution in [3.63, 3.8) is 0 Å². The molecule has 0 radical (unpaired) electrons. The van der Waals surface area contributed by atoms with Gasteiger partial charge in [-0.05, 0) is 31.6 Å². The van der Waals surface area contributed by atoms with Crippen LogP contribution in [-0.4, -0.2) is 34.9 Å². The van der Waals surface area contributed by atoms with Gasteiger partial charge in [-0.3, -0.25) is 14.9 Å². The summed E-state index contributed by atoms with van der Waals surface area (Å²) in [6.45, 7) is 2.57. The Kier molecular flexibility index (Phi) is 5.44. The van der Waals surface area contributed by atoms with E-state index in [-0.39, 0.29) is 17.6 Å². The first-order chi connectivity index (χ1) is 10.1. The molecule has 1 atom stereocenters. The van der Waals surface area contributed by atoms with Crippen molar-refractivity contribution < 1.29 is 9.72 Å². The quantitative estimate of drug-likeness (QED) is 0.645. The van der Waals surface area contributed by atoms with E-state index in [0.717, 1.165) is 24.3 Å². The Balaban J connectivity index is 2.19. The second kappa shape index (κ2) is 7.31. The SMILES string of the molecule is CCNc1ccc([N+](=O)[O-])cc1C(=O)NC1CCCSC1. The highest BCUT2D eigenvalue weighted by molar-refractivity contribution is 7.99. The number of nitro benzene ring substituents is 1. The summed E-state index contributed by atoms with van der Waals surface area (Å²) in [7, 11) is 0. The lowest BCUT2D eigenvalue weighted by Gasteiger charge is -2.23. The summed E-state index contributed by atoms with van der Waals surface area (Å²) >= 11 is 1.82. The van der Waals surface area contributed by atoms with E-state index < -0.39 is 4.92 Å². The molecule has 0 bridgehead atoms. The molecule has 1 fully saturated rings. The fourth-order valence-corrected chi connectivity index (χ4v) is 3.37. The van der Waals surface area contributed by atoms with Gasteiger partial charge in [0.15, 0.2) is 0 Å². The largest absolute Gasteiger partial charge is 0.385 e. The van der Waals surface area contributed by atoms with Crippen molar-refractivity contribution in [2.45, 2.75) is 25.8 Å². The molecule has 1 heterocycles. The zero-order valence-electron chi connectivity index (χ0n) is 11.9. The summed E-state index contributed by atoms with van der Waals surface area (Å²) < 4.78 is 0. The molecule has 0 aromatic heterocycles. The second-order valence-corrected chi connectivity index (χ2v) is 6.05. The van der Waals surface area contributed by atoms with Gasteiger partial charge in [0.2, 0.25) is 0 Å². The van der Waals surface area contributed by atoms with Crippen molar-refractivity contribution in [1.29, 1.82) is 0 Å². The third kappa shape index (κ3) is 4.10. The van der Waals surface area contributed by atoms with Crippen molar-refractivity contribution in [2.24, 2.45) is 0 Å². The number of nitro groups is 1. The Morgan fingerprint density at radius 3 is 2.95 bits per heavy atom. The van der Waals surface area contributed by atoms with Crippen molar-refractivity contribution in [1.82, 2.24) is 5.32 Å². The van der Waals surface area contributed by atoms with E-state index >= 15 is 0 Å². The van der Waals surface area contributed by atoms with Gasteiger partial charge in [-0.25, -0.2) is 0 Å². The highest BCUT2D eigenvalue weighted by Crippen LogP contribution is 2.23. The second-order valence-electron chi connectivity index (χ2n) is 4.90. The lowest BCUT2D eigenvalue weighted by atomic mass is 10.1. The van der Waals surface area contributed by atoms with Gasteiger partial charge in [0.1, 0.15) is 0 Å². The molecule has 1 aromatic rings. The number of carbonyl (C=O) groups is 1. The molecule has 1 saturated heterocycles. The number of rotatable bonds is 5. The van der Waals surface area contributed by atoms with Crippen LogP contribution in [0.15, 0.2) is 18.2 Å². The number of hydrogen-bond donors (Lipinski definition) is 2. The molecule has 1 amide bonds. The molecule has 2 N–H and O–H groups in total. The molecule has 0 spiro atoms. The molecule has 0 saturated carbocycles. The summed E-state index contributed by atoms with van der Waals surface area (Å²) in [5.74, 6) is 1.78. The number of amides is 1. The van der Waals surface area contributed by atoms with E-state index in [4.69, 9.17) is 0 Å². The van der Waals surface area contributed by atoms with Crippen LogP contribution in [0.1, 0.15) is 30.1 Å². The Hall–Kier alpha value is -1.76. The molecular formula is C14H19N3O3S. The number of hydrogen-bond acceptors (Lipinski definition) is 5. The molecule has 1 unspecified atom stereocenters. The smallest absolute Gasteiger partial charge is 0.270 e. The van der Waals surface area contributed by atoms with Gasteiger partial charge in [0.25, 0.3) is 11.6 Å². The van der Waals surface area contributed by atoms with Crippen LogP contribution >= 0.6 is 11.8 Å². The van der Waals surface area contributed by atoms with Crippen LogP contribution in [-0.2, 0) is 0 Å². The van der Waals surface area contributed by atoms with E-state index in [1.165, 1.54) is 12.1 Å². The van der Waals surface area contributed by atoms with Crippen LogP contribution in [0.2, 0.25) is 0 Å². The summed E-state index contributed by atoms with van der Waals surface area (Å²) in [5, 5.41) is 16.9. The van der Waals surface area contributed by atoms with Crippen molar-refractivity contribution in [2.75, 3.05) is 23.4 Å². The van der Waals surface area contributed by atoms with Gasteiger partial charge in [0, 0.05) is 36.2 Å². The Morgan fingerprint density at radius 2 is 2.33 bits per heavy atom. The van der Waals surface area contributed by atoms with Gasteiger partial charge in [-0.15, -0.1) is 0 Å². The average Bonchev–Trinajstić information content (AvgIpc) is 2.48. The average molecular weight is 309 g/mol. The maximum atomic E-state index is 12.4. The van der Waals surface area contributed by atoms with Crippen LogP contribution in [0.5, 0.6) is 0 Å².